The van der Waals surface area contributed by atoms with Crippen molar-refractivity contribution in [1.29, 1.82) is 0 Å². The van der Waals surface area contributed by atoms with Gasteiger partial charge in [-0.05, 0) is 25.1 Å². The number of aryl methyl sites for hydroxylation is 1. The van der Waals surface area contributed by atoms with Gasteiger partial charge >= 0.3 is 0 Å². The van der Waals surface area contributed by atoms with E-state index >= 15 is 0 Å². The Morgan fingerprint density at radius 3 is 2.45 bits per heavy atom. The Balaban J connectivity index is 2.32. The molecule has 2 aromatic carbocycles. The zero-order valence-corrected chi connectivity index (χ0v) is 11.5. The summed E-state index contributed by atoms with van der Waals surface area (Å²) in [5.74, 6) is 0. The van der Waals surface area contributed by atoms with Gasteiger partial charge in [0.1, 0.15) is 0 Å². The number of nitrogens with one attached hydrogen (secondary N) is 1. The minimum atomic E-state index is -0.477. The first kappa shape index (κ1) is 14.1. The summed E-state index contributed by atoms with van der Waals surface area (Å²) in [5, 5.41) is 13.3. The van der Waals surface area contributed by atoms with Crippen molar-refractivity contribution in [3.05, 3.63) is 58.1 Å². The van der Waals surface area contributed by atoms with Crippen molar-refractivity contribution in [2.45, 2.75) is 16.7 Å². The van der Waals surface area contributed by atoms with Crippen molar-refractivity contribution in [2.75, 3.05) is 5.32 Å². The van der Waals surface area contributed by atoms with Gasteiger partial charge in [-0.2, -0.15) is 0 Å². The van der Waals surface area contributed by atoms with Crippen LogP contribution in [0.3, 0.4) is 0 Å². The molecule has 0 saturated heterocycles. The van der Waals surface area contributed by atoms with E-state index < -0.39 is 4.92 Å². The van der Waals surface area contributed by atoms with E-state index in [1.165, 1.54) is 23.9 Å². The summed E-state index contributed by atoms with van der Waals surface area (Å²) < 4.78 is 0. The monoisotopic (exact) mass is 288 g/mol. The van der Waals surface area contributed by atoms with E-state index in [2.05, 4.69) is 5.32 Å². The van der Waals surface area contributed by atoms with Crippen LogP contribution in [-0.2, 0) is 4.79 Å². The van der Waals surface area contributed by atoms with Gasteiger partial charge < -0.3 is 5.32 Å². The molecule has 0 unspecified atom stereocenters. The molecule has 2 aromatic rings. The van der Waals surface area contributed by atoms with Gasteiger partial charge in [0.15, 0.2) is 0 Å². The zero-order valence-electron chi connectivity index (χ0n) is 10.7. The third kappa shape index (κ3) is 3.58. The topological polar surface area (TPSA) is 72.2 Å². The smallest absolute Gasteiger partial charge is 0.272 e. The molecule has 0 spiro atoms. The minimum absolute atomic E-state index is 0.0496. The molecule has 2 rings (SSSR count). The van der Waals surface area contributed by atoms with Crippen LogP contribution in [0.1, 0.15) is 5.56 Å². The number of hydrogen-bond donors (Lipinski definition) is 1. The van der Waals surface area contributed by atoms with Crippen LogP contribution in [0.5, 0.6) is 0 Å². The number of carbonyl (C=O) groups excluding carboxylic acids is 1. The van der Waals surface area contributed by atoms with E-state index in [0.29, 0.717) is 17.0 Å². The highest BCUT2D eigenvalue weighted by Crippen LogP contribution is 2.32. The Morgan fingerprint density at radius 2 is 1.85 bits per heavy atom. The van der Waals surface area contributed by atoms with Crippen LogP contribution in [0, 0.1) is 17.0 Å². The van der Waals surface area contributed by atoms with Crippen LogP contribution < -0.4 is 5.32 Å². The van der Waals surface area contributed by atoms with Crippen LogP contribution in [0.15, 0.2) is 52.3 Å². The Labute approximate surface area is 120 Å². The van der Waals surface area contributed by atoms with Gasteiger partial charge in [0.05, 0.1) is 4.92 Å². The van der Waals surface area contributed by atoms with Crippen molar-refractivity contribution in [2.24, 2.45) is 0 Å². The molecular weight excluding hydrogens is 276 g/mol. The number of non-ortho nitro benzene ring substituents is 1. The Bertz CT molecular complexity index is 641. The summed E-state index contributed by atoms with van der Waals surface area (Å²) in [4.78, 5) is 22.6. The number of anilines is 1. The second-order valence-corrected chi connectivity index (χ2v) is 5.30. The molecule has 0 fully saturated rings. The number of nitro groups is 1. The summed E-state index contributed by atoms with van der Waals surface area (Å²) in [5.41, 5.74) is 1.51. The van der Waals surface area contributed by atoms with E-state index in [1.54, 1.807) is 6.07 Å². The highest BCUT2D eigenvalue weighted by Gasteiger charge is 2.10. The maximum Gasteiger partial charge on any atom is 0.272 e. The molecule has 0 atom stereocenters. The summed E-state index contributed by atoms with van der Waals surface area (Å²) in [6.45, 7) is 1.99. The maximum atomic E-state index is 10.9. The molecule has 5 nitrogen and oxygen atoms in total. The van der Waals surface area contributed by atoms with E-state index in [0.717, 1.165) is 10.5 Å². The van der Waals surface area contributed by atoms with Gasteiger partial charge in [-0.15, -0.1) is 0 Å². The summed E-state index contributed by atoms with van der Waals surface area (Å²) >= 11 is 1.41. The van der Waals surface area contributed by atoms with Crippen molar-refractivity contribution in [1.82, 2.24) is 0 Å². The molecule has 0 saturated carbocycles. The van der Waals surface area contributed by atoms with E-state index in [9.17, 15) is 14.9 Å². The van der Waals surface area contributed by atoms with E-state index in [-0.39, 0.29) is 5.69 Å². The lowest BCUT2D eigenvalue weighted by atomic mass is 10.2. The number of rotatable bonds is 5. The highest BCUT2D eigenvalue weighted by molar-refractivity contribution is 7.99. The second-order valence-electron chi connectivity index (χ2n) is 4.15. The molecule has 1 amide bonds. The van der Waals surface area contributed by atoms with Crippen LogP contribution >= 0.6 is 11.8 Å². The van der Waals surface area contributed by atoms with Gasteiger partial charge in [-0.3, -0.25) is 14.9 Å². The van der Waals surface area contributed by atoms with Gasteiger partial charge in [-0.25, -0.2) is 0 Å². The Kier molecular flexibility index (Phi) is 4.37. The first-order valence-corrected chi connectivity index (χ1v) is 6.64. The van der Waals surface area contributed by atoms with Gasteiger partial charge in [-0.1, -0.05) is 29.5 Å². The van der Waals surface area contributed by atoms with E-state index in [1.807, 2.05) is 31.2 Å². The quantitative estimate of drug-likeness (QED) is 0.518. The fourth-order valence-corrected chi connectivity index (χ4v) is 2.55. The Morgan fingerprint density at radius 1 is 1.15 bits per heavy atom. The standard InChI is InChI=1S/C14H12N2O3S/c1-10-2-4-13(5-3-10)20-14-7-11(15-9-17)6-12(8-14)16(18)19/h2-9H,1H3,(H,15,17). The highest BCUT2D eigenvalue weighted by atomic mass is 32.2. The average molecular weight is 288 g/mol. The molecule has 1 N–H and O–H groups in total. The molecule has 0 aromatic heterocycles. The van der Waals surface area contributed by atoms with Crippen LogP contribution in [0.2, 0.25) is 0 Å². The van der Waals surface area contributed by atoms with Gasteiger partial charge in [0.25, 0.3) is 5.69 Å². The predicted molar refractivity (Wildman–Crippen MR) is 78.1 cm³/mol. The molecule has 0 aliphatic rings. The lowest BCUT2D eigenvalue weighted by Crippen LogP contribution is -1.96. The number of benzene rings is 2. The third-order valence-electron chi connectivity index (χ3n) is 2.58. The normalized spacial score (nSPS) is 10.1. The molecule has 0 bridgehead atoms. The maximum absolute atomic E-state index is 10.9. The van der Waals surface area contributed by atoms with Crippen LogP contribution in [-0.4, -0.2) is 11.3 Å². The fourth-order valence-electron chi connectivity index (χ4n) is 1.64. The lowest BCUT2D eigenvalue weighted by molar-refractivity contribution is -0.385. The predicted octanol–water partition coefficient (Wildman–Crippen LogP) is 3.62. The van der Waals surface area contributed by atoms with Crippen molar-refractivity contribution >= 4 is 29.5 Å². The molecular formula is C14H12N2O3S. The minimum Gasteiger partial charge on any atom is -0.328 e. The molecule has 102 valence electrons. The van der Waals surface area contributed by atoms with Crippen molar-refractivity contribution in [3.8, 4) is 0 Å². The van der Waals surface area contributed by atoms with Gasteiger partial charge in [0, 0.05) is 27.6 Å². The van der Waals surface area contributed by atoms with Crippen LogP contribution in [0.25, 0.3) is 0 Å². The molecule has 0 radical (unpaired) electrons. The van der Waals surface area contributed by atoms with Crippen molar-refractivity contribution < 1.29 is 9.72 Å². The Hall–Kier alpha value is -2.34. The SMILES string of the molecule is Cc1ccc(Sc2cc(NC=O)cc([N+](=O)[O-])c2)cc1. The first-order chi connectivity index (χ1) is 9.58. The molecule has 6 heteroatoms. The summed E-state index contributed by atoms with van der Waals surface area (Å²) in [6.07, 6.45) is 0.499. The average Bonchev–Trinajstić information content (AvgIpc) is 2.41. The molecule has 0 aliphatic heterocycles. The number of carbonyl (C=O) groups is 1. The molecule has 0 aliphatic carbocycles. The number of nitrogens with zero attached hydrogens (tertiary/aromatic N) is 1. The second kappa shape index (κ2) is 6.21. The molecule has 0 heterocycles. The van der Waals surface area contributed by atoms with E-state index in [4.69, 9.17) is 0 Å². The van der Waals surface area contributed by atoms with Crippen LogP contribution in [0.4, 0.5) is 11.4 Å². The summed E-state index contributed by atoms with van der Waals surface area (Å²) in [6, 6.07) is 12.4. The lowest BCUT2D eigenvalue weighted by Gasteiger charge is -2.05. The van der Waals surface area contributed by atoms with Gasteiger partial charge in [0.2, 0.25) is 6.41 Å². The number of amides is 1. The van der Waals surface area contributed by atoms with Crippen molar-refractivity contribution in [3.63, 3.8) is 0 Å². The number of nitro benzene ring substituents is 1. The first-order valence-electron chi connectivity index (χ1n) is 5.82. The third-order valence-corrected chi connectivity index (χ3v) is 3.56. The fraction of sp³-hybridized carbons (Fsp3) is 0.0714. The summed E-state index contributed by atoms with van der Waals surface area (Å²) in [7, 11) is 0. The number of hydrogen-bond acceptors (Lipinski definition) is 4. The zero-order chi connectivity index (χ0) is 14.5. The molecule has 20 heavy (non-hydrogen) atoms. The largest absolute Gasteiger partial charge is 0.328 e.